The maximum atomic E-state index is 12.3. The van der Waals surface area contributed by atoms with Crippen molar-refractivity contribution in [3.8, 4) is 0 Å². The lowest BCUT2D eigenvalue weighted by molar-refractivity contribution is -0.119. The van der Waals surface area contributed by atoms with Gasteiger partial charge < -0.3 is 10.6 Å². The predicted molar refractivity (Wildman–Crippen MR) is 81.0 cm³/mol. The van der Waals surface area contributed by atoms with Crippen LogP contribution in [0.3, 0.4) is 0 Å². The van der Waals surface area contributed by atoms with Crippen molar-refractivity contribution in [1.82, 2.24) is 5.32 Å². The first-order valence-corrected chi connectivity index (χ1v) is 7.38. The van der Waals surface area contributed by atoms with Gasteiger partial charge in [-0.2, -0.15) is 0 Å². The topological polar surface area (TPSA) is 41.1 Å². The Kier molecular flexibility index (Phi) is 2.74. The van der Waals surface area contributed by atoms with Crippen molar-refractivity contribution in [2.75, 3.05) is 18.4 Å². The zero-order chi connectivity index (χ0) is 13.5. The van der Waals surface area contributed by atoms with Crippen LogP contribution < -0.4 is 10.6 Å². The van der Waals surface area contributed by atoms with Crippen LogP contribution in [0.4, 0.5) is 5.69 Å². The van der Waals surface area contributed by atoms with Crippen LogP contribution in [0.5, 0.6) is 0 Å². The van der Waals surface area contributed by atoms with Gasteiger partial charge in [0.1, 0.15) is 0 Å². The average Bonchev–Trinajstić information content (AvgIpc) is 3.12. The van der Waals surface area contributed by atoms with Gasteiger partial charge in [0.15, 0.2) is 0 Å². The third kappa shape index (κ3) is 1.81. The molecular formula is C17H18N2O. The van der Waals surface area contributed by atoms with E-state index in [1.807, 2.05) is 0 Å². The summed E-state index contributed by atoms with van der Waals surface area (Å²) in [5.41, 5.74) is 3.79. The molecule has 0 aromatic heterocycles. The zero-order valence-electron chi connectivity index (χ0n) is 11.4. The van der Waals surface area contributed by atoms with E-state index in [-0.39, 0.29) is 11.8 Å². The SMILES string of the molecule is O=C(Nc1ccc2c3c(cccc13)CC2)C1CCNC1. The second-order valence-electron chi connectivity index (χ2n) is 5.79. The number of benzene rings is 2. The van der Waals surface area contributed by atoms with Crippen molar-refractivity contribution < 1.29 is 4.79 Å². The van der Waals surface area contributed by atoms with E-state index >= 15 is 0 Å². The van der Waals surface area contributed by atoms with E-state index in [2.05, 4.69) is 41.0 Å². The van der Waals surface area contributed by atoms with Crippen LogP contribution in [-0.4, -0.2) is 19.0 Å². The van der Waals surface area contributed by atoms with Crippen molar-refractivity contribution in [3.05, 3.63) is 41.5 Å². The highest BCUT2D eigenvalue weighted by Crippen LogP contribution is 2.35. The van der Waals surface area contributed by atoms with Crippen molar-refractivity contribution in [2.45, 2.75) is 19.3 Å². The molecule has 102 valence electrons. The smallest absolute Gasteiger partial charge is 0.228 e. The summed E-state index contributed by atoms with van der Waals surface area (Å²) in [4.78, 5) is 12.3. The highest BCUT2D eigenvalue weighted by Gasteiger charge is 2.23. The van der Waals surface area contributed by atoms with Crippen molar-refractivity contribution in [3.63, 3.8) is 0 Å². The van der Waals surface area contributed by atoms with E-state index < -0.39 is 0 Å². The summed E-state index contributed by atoms with van der Waals surface area (Å²) in [6.45, 7) is 1.75. The highest BCUT2D eigenvalue weighted by molar-refractivity contribution is 6.05. The number of hydrogen-bond donors (Lipinski definition) is 2. The molecule has 20 heavy (non-hydrogen) atoms. The number of anilines is 1. The molecule has 1 atom stereocenters. The molecule has 0 bridgehead atoms. The minimum Gasteiger partial charge on any atom is -0.325 e. The van der Waals surface area contributed by atoms with Crippen molar-refractivity contribution in [1.29, 1.82) is 0 Å². The lowest BCUT2D eigenvalue weighted by atomic mass is 10.0. The van der Waals surface area contributed by atoms with Crippen LogP contribution in [0.1, 0.15) is 17.5 Å². The summed E-state index contributed by atoms with van der Waals surface area (Å²) in [5, 5.41) is 8.92. The van der Waals surface area contributed by atoms with E-state index in [0.717, 1.165) is 38.0 Å². The number of amides is 1. The summed E-state index contributed by atoms with van der Waals surface area (Å²) in [6, 6.07) is 10.6. The van der Waals surface area contributed by atoms with Gasteiger partial charge in [-0.3, -0.25) is 4.79 Å². The van der Waals surface area contributed by atoms with Crippen LogP contribution in [0.25, 0.3) is 10.8 Å². The van der Waals surface area contributed by atoms with Crippen molar-refractivity contribution in [2.24, 2.45) is 5.92 Å². The molecule has 0 spiro atoms. The number of nitrogens with one attached hydrogen (secondary N) is 2. The Hall–Kier alpha value is -1.87. The summed E-state index contributed by atoms with van der Waals surface area (Å²) < 4.78 is 0. The molecule has 4 rings (SSSR count). The maximum absolute atomic E-state index is 12.3. The van der Waals surface area contributed by atoms with Crippen molar-refractivity contribution >= 4 is 22.4 Å². The highest BCUT2D eigenvalue weighted by atomic mass is 16.1. The summed E-state index contributed by atoms with van der Waals surface area (Å²) in [6.07, 6.45) is 3.18. The van der Waals surface area contributed by atoms with E-state index in [4.69, 9.17) is 0 Å². The minimum absolute atomic E-state index is 0.109. The molecule has 1 aliphatic heterocycles. The Morgan fingerprint density at radius 3 is 2.80 bits per heavy atom. The molecule has 2 aromatic rings. The van der Waals surface area contributed by atoms with Crippen LogP contribution >= 0.6 is 0 Å². The molecule has 1 fully saturated rings. The monoisotopic (exact) mass is 266 g/mol. The lowest BCUT2D eigenvalue weighted by Gasteiger charge is -2.13. The van der Waals surface area contributed by atoms with Gasteiger partial charge in [-0.05, 0) is 48.4 Å². The molecule has 0 saturated carbocycles. The van der Waals surface area contributed by atoms with E-state index in [1.54, 1.807) is 0 Å². The first-order valence-electron chi connectivity index (χ1n) is 7.38. The number of aryl methyl sites for hydroxylation is 2. The first kappa shape index (κ1) is 11.9. The Bertz CT molecular complexity index is 676. The second kappa shape index (κ2) is 4.60. The molecular weight excluding hydrogens is 248 g/mol. The van der Waals surface area contributed by atoms with Gasteiger partial charge in [0, 0.05) is 17.6 Å². The van der Waals surface area contributed by atoms with Gasteiger partial charge in [-0.25, -0.2) is 0 Å². The standard InChI is InChI=1S/C17H18N2O/c20-17(13-8-9-18-10-13)19-15-7-6-12-5-4-11-2-1-3-14(15)16(11)12/h1-3,6-7,13,18H,4-5,8-10H2,(H,19,20). The molecule has 1 saturated heterocycles. The fourth-order valence-corrected chi connectivity index (χ4v) is 3.47. The Labute approximate surface area is 118 Å². The predicted octanol–water partition coefficient (Wildman–Crippen LogP) is 2.49. The molecule has 0 radical (unpaired) electrons. The molecule has 2 aliphatic rings. The normalized spacial score (nSPS) is 20.5. The van der Waals surface area contributed by atoms with Crippen LogP contribution in [-0.2, 0) is 17.6 Å². The number of carbonyl (C=O) groups is 1. The molecule has 2 aromatic carbocycles. The maximum Gasteiger partial charge on any atom is 0.228 e. The Morgan fingerprint density at radius 2 is 2.00 bits per heavy atom. The first-order chi connectivity index (χ1) is 9.83. The van der Waals surface area contributed by atoms with Crippen LogP contribution in [0.2, 0.25) is 0 Å². The lowest BCUT2D eigenvalue weighted by Crippen LogP contribution is -2.24. The summed E-state index contributed by atoms with van der Waals surface area (Å²) in [7, 11) is 0. The number of carbonyl (C=O) groups excluding carboxylic acids is 1. The van der Waals surface area contributed by atoms with Gasteiger partial charge in [0.2, 0.25) is 5.91 Å². The van der Waals surface area contributed by atoms with E-state index in [1.165, 1.54) is 21.9 Å². The fraction of sp³-hybridized carbons (Fsp3) is 0.353. The third-order valence-corrected chi connectivity index (χ3v) is 4.57. The quantitative estimate of drug-likeness (QED) is 0.877. The Morgan fingerprint density at radius 1 is 1.15 bits per heavy atom. The molecule has 1 amide bonds. The zero-order valence-corrected chi connectivity index (χ0v) is 11.4. The van der Waals surface area contributed by atoms with Gasteiger partial charge in [0.25, 0.3) is 0 Å². The van der Waals surface area contributed by atoms with E-state index in [0.29, 0.717) is 0 Å². The number of rotatable bonds is 2. The molecule has 3 nitrogen and oxygen atoms in total. The largest absolute Gasteiger partial charge is 0.325 e. The van der Waals surface area contributed by atoms with E-state index in [9.17, 15) is 4.79 Å². The van der Waals surface area contributed by atoms with Gasteiger partial charge in [-0.15, -0.1) is 0 Å². The average molecular weight is 266 g/mol. The molecule has 3 heteroatoms. The van der Waals surface area contributed by atoms with Crippen LogP contribution in [0.15, 0.2) is 30.3 Å². The Balaban J connectivity index is 1.72. The van der Waals surface area contributed by atoms with Gasteiger partial charge in [-0.1, -0.05) is 24.3 Å². The third-order valence-electron chi connectivity index (χ3n) is 4.57. The fourth-order valence-electron chi connectivity index (χ4n) is 3.47. The van der Waals surface area contributed by atoms with Crippen LogP contribution in [0, 0.1) is 5.92 Å². The molecule has 1 heterocycles. The van der Waals surface area contributed by atoms with Gasteiger partial charge in [0.05, 0.1) is 5.92 Å². The molecule has 1 aliphatic carbocycles. The van der Waals surface area contributed by atoms with Gasteiger partial charge >= 0.3 is 0 Å². The number of hydrogen-bond acceptors (Lipinski definition) is 2. The second-order valence-corrected chi connectivity index (χ2v) is 5.79. The minimum atomic E-state index is 0.109. The molecule has 1 unspecified atom stereocenters. The summed E-state index contributed by atoms with van der Waals surface area (Å²) >= 11 is 0. The molecule has 2 N–H and O–H groups in total. The summed E-state index contributed by atoms with van der Waals surface area (Å²) in [5.74, 6) is 0.256.